The van der Waals surface area contributed by atoms with Gasteiger partial charge < -0.3 is 9.73 Å². The number of halogens is 2. The second-order valence-electron chi connectivity index (χ2n) is 4.68. The molecular formula is C16H11BrClNO2. The van der Waals surface area contributed by atoms with E-state index in [9.17, 15) is 4.79 Å². The molecule has 1 amide bonds. The summed E-state index contributed by atoms with van der Waals surface area (Å²) in [7, 11) is 0. The van der Waals surface area contributed by atoms with Crippen LogP contribution in [-0.4, -0.2) is 5.91 Å². The molecule has 0 radical (unpaired) electrons. The highest BCUT2D eigenvalue weighted by molar-refractivity contribution is 9.10. The molecule has 1 heterocycles. The third-order valence-electron chi connectivity index (χ3n) is 3.15. The molecule has 106 valence electrons. The van der Waals surface area contributed by atoms with E-state index in [0.717, 1.165) is 15.4 Å². The molecule has 0 unspecified atom stereocenters. The molecule has 3 nitrogen and oxygen atoms in total. The van der Waals surface area contributed by atoms with Crippen molar-refractivity contribution in [2.24, 2.45) is 0 Å². The summed E-state index contributed by atoms with van der Waals surface area (Å²) in [5.74, 6) is -0.0494. The first-order valence-corrected chi connectivity index (χ1v) is 7.47. The summed E-state index contributed by atoms with van der Waals surface area (Å²) < 4.78 is 6.31. The normalized spacial score (nSPS) is 10.8. The van der Waals surface area contributed by atoms with E-state index in [0.29, 0.717) is 16.3 Å². The third-order valence-corrected chi connectivity index (χ3v) is 4.21. The van der Waals surface area contributed by atoms with Gasteiger partial charge in [-0.2, -0.15) is 0 Å². The maximum absolute atomic E-state index is 12.3. The zero-order chi connectivity index (χ0) is 15.0. The smallest absolute Gasteiger partial charge is 0.291 e. The second kappa shape index (κ2) is 5.54. The van der Waals surface area contributed by atoms with Crippen LogP contribution in [0.25, 0.3) is 11.0 Å². The number of rotatable bonds is 2. The van der Waals surface area contributed by atoms with Crippen molar-refractivity contribution in [3.8, 4) is 0 Å². The molecule has 3 rings (SSSR count). The Balaban J connectivity index is 1.91. The zero-order valence-electron chi connectivity index (χ0n) is 11.1. The summed E-state index contributed by atoms with van der Waals surface area (Å²) in [6, 6.07) is 12.8. The molecule has 2 aromatic carbocycles. The van der Waals surface area contributed by atoms with Gasteiger partial charge in [0.2, 0.25) is 0 Å². The highest BCUT2D eigenvalue weighted by Crippen LogP contribution is 2.30. The van der Waals surface area contributed by atoms with Gasteiger partial charge in [-0.1, -0.05) is 29.8 Å². The first kappa shape index (κ1) is 14.2. The Morgan fingerprint density at radius 2 is 2.00 bits per heavy atom. The summed E-state index contributed by atoms with van der Waals surface area (Å²) in [6.45, 7) is 1.90. The second-order valence-corrected chi connectivity index (χ2v) is 5.95. The van der Waals surface area contributed by atoms with Gasteiger partial charge in [0.15, 0.2) is 5.76 Å². The molecule has 0 spiro atoms. The molecule has 0 aliphatic carbocycles. The minimum absolute atomic E-state index is 0.264. The van der Waals surface area contributed by atoms with Crippen LogP contribution in [0, 0.1) is 6.92 Å². The molecule has 0 bridgehead atoms. The van der Waals surface area contributed by atoms with E-state index in [1.54, 1.807) is 12.1 Å². The van der Waals surface area contributed by atoms with E-state index in [1.807, 2.05) is 37.3 Å². The van der Waals surface area contributed by atoms with Crippen LogP contribution in [0.5, 0.6) is 0 Å². The molecule has 5 heteroatoms. The van der Waals surface area contributed by atoms with Crippen LogP contribution in [-0.2, 0) is 0 Å². The number of anilines is 1. The van der Waals surface area contributed by atoms with E-state index >= 15 is 0 Å². The predicted molar refractivity (Wildman–Crippen MR) is 88.1 cm³/mol. The van der Waals surface area contributed by atoms with Crippen LogP contribution >= 0.6 is 27.5 Å². The highest BCUT2D eigenvalue weighted by Gasteiger charge is 2.14. The number of nitrogens with one attached hydrogen (secondary N) is 1. The van der Waals surface area contributed by atoms with Crippen molar-refractivity contribution in [1.29, 1.82) is 0 Å². The van der Waals surface area contributed by atoms with Gasteiger partial charge in [0.25, 0.3) is 5.91 Å². The first-order chi connectivity index (χ1) is 10.0. The van der Waals surface area contributed by atoms with Crippen molar-refractivity contribution >= 4 is 50.1 Å². The lowest BCUT2D eigenvalue weighted by Crippen LogP contribution is -2.11. The lowest BCUT2D eigenvalue weighted by molar-refractivity contribution is 0.0998. The van der Waals surface area contributed by atoms with Gasteiger partial charge in [0, 0.05) is 14.9 Å². The number of hydrogen-bond donors (Lipinski definition) is 1. The van der Waals surface area contributed by atoms with E-state index in [-0.39, 0.29) is 11.7 Å². The van der Waals surface area contributed by atoms with Crippen molar-refractivity contribution in [2.45, 2.75) is 6.92 Å². The van der Waals surface area contributed by atoms with Gasteiger partial charge >= 0.3 is 0 Å². The molecule has 0 saturated carbocycles. The minimum atomic E-state index is -0.313. The van der Waals surface area contributed by atoms with Gasteiger partial charge in [-0.25, -0.2) is 0 Å². The number of benzene rings is 2. The van der Waals surface area contributed by atoms with Gasteiger partial charge in [0.1, 0.15) is 5.58 Å². The Morgan fingerprint density at radius 3 is 2.76 bits per heavy atom. The summed E-state index contributed by atoms with van der Waals surface area (Å²) in [4.78, 5) is 12.3. The van der Waals surface area contributed by atoms with E-state index < -0.39 is 0 Å². The van der Waals surface area contributed by atoms with E-state index in [4.69, 9.17) is 16.0 Å². The number of para-hydroxylation sites is 1. The van der Waals surface area contributed by atoms with Crippen LogP contribution in [0.1, 0.15) is 16.1 Å². The monoisotopic (exact) mass is 363 g/mol. The summed E-state index contributed by atoms with van der Waals surface area (Å²) in [6.07, 6.45) is 0. The van der Waals surface area contributed by atoms with Crippen molar-refractivity contribution in [3.63, 3.8) is 0 Å². The number of carbonyl (C=O) groups is 1. The number of fused-ring (bicyclic) bond motifs is 1. The molecule has 0 aliphatic heterocycles. The van der Waals surface area contributed by atoms with Gasteiger partial charge in [-0.05, 0) is 52.7 Å². The van der Waals surface area contributed by atoms with E-state index in [2.05, 4.69) is 21.2 Å². The number of carbonyl (C=O) groups excluding carboxylic acids is 1. The molecule has 21 heavy (non-hydrogen) atoms. The number of amides is 1. The minimum Gasteiger partial charge on any atom is -0.451 e. The Bertz CT molecular complexity index is 808. The lowest BCUT2D eigenvalue weighted by Gasteiger charge is -2.08. The van der Waals surface area contributed by atoms with Crippen LogP contribution in [0.15, 0.2) is 51.4 Å². The zero-order valence-corrected chi connectivity index (χ0v) is 13.5. The average molecular weight is 365 g/mol. The van der Waals surface area contributed by atoms with Crippen LogP contribution in [0.3, 0.4) is 0 Å². The van der Waals surface area contributed by atoms with Crippen molar-refractivity contribution in [1.82, 2.24) is 0 Å². The Kier molecular flexibility index (Phi) is 3.74. The molecule has 1 N–H and O–H groups in total. The Hall–Kier alpha value is -1.78. The topological polar surface area (TPSA) is 42.2 Å². The van der Waals surface area contributed by atoms with Crippen LogP contribution in [0.4, 0.5) is 5.69 Å². The third kappa shape index (κ3) is 2.82. The largest absolute Gasteiger partial charge is 0.451 e. The standard InChI is InChI=1S/C16H11BrClNO2/c1-9-6-11(17)13(8-12(9)18)19-16(20)15-7-10-4-2-3-5-14(10)21-15/h2-8H,1H3,(H,19,20). The summed E-state index contributed by atoms with van der Waals surface area (Å²) in [5, 5.41) is 4.28. The van der Waals surface area contributed by atoms with Gasteiger partial charge in [0.05, 0.1) is 5.69 Å². The summed E-state index contributed by atoms with van der Waals surface area (Å²) in [5.41, 5.74) is 2.23. The fourth-order valence-corrected chi connectivity index (χ4v) is 2.74. The molecule has 0 fully saturated rings. The molecular weight excluding hydrogens is 354 g/mol. The Labute approximate surface area is 135 Å². The maximum atomic E-state index is 12.3. The first-order valence-electron chi connectivity index (χ1n) is 6.30. The number of hydrogen-bond acceptors (Lipinski definition) is 2. The molecule has 0 saturated heterocycles. The maximum Gasteiger partial charge on any atom is 0.291 e. The van der Waals surface area contributed by atoms with Gasteiger partial charge in [-0.3, -0.25) is 4.79 Å². The van der Waals surface area contributed by atoms with Crippen molar-refractivity contribution < 1.29 is 9.21 Å². The Morgan fingerprint density at radius 1 is 1.24 bits per heavy atom. The quantitative estimate of drug-likeness (QED) is 0.660. The summed E-state index contributed by atoms with van der Waals surface area (Å²) >= 11 is 9.50. The molecule has 0 atom stereocenters. The van der Waals surface area contributed by atoms with E-state index in [1.165, 1.54) is 0 Å². The fraction of sp³-hybridized carbons (Fsp3) is 0.0625. The lowest BCUT2D eigenvalue weighted by atomic mass is 10.2. The van der Waals surface area contributed by atoms with Crippen LogP contribution < -0.4 is 5.32 Å². The van der Waals surface area contributed by atoms with Gasteiger partial charge in [-0.15, -0.1) is 0 Å². The highest BCUT2D eigenvalue weighted by atomic mass is 79.9. The fourth-order valence-electron chi connectivity index (χ4n) is 2.02. The molecule has 0 aliphatic rings. The SMILES string of the molecule is Cc1cc(Br)c(NC(=O)c2cc3ccccc3o2)cc1Cl. The average Bonchev–Trinajstić information content (AvgIpc) is 2.88. The number of aryl methyl sites for hydroxylation is 1. The molecule has 3 aromatic rings. The predicted octanol–water partition coefficient (Wildman–Crippen LogP) is 5.41. The molecule has 1 aromatic heterocycles. The van der Waals surface area contributed by atoms with Crippen molar-refractivity contribution in [2.75, 3.05) is 5.32 Å². The number of furan rings is 1. The van der Waals surface area contributed by atoms with Crippen LogP contribution in [0.2, 0.25) is 5.02 Å². The van der Waals surface area contributed by atoms with Crippen molar-refractivity contribution in [3.05, 3.63) is 63.3 Å².